The van der Waals surface area contributed by atoms with Gasteiger partial charge in [-0.25, -0.2) is 0 Å². The Kier molecular flexibility index (Phi) is 6.28. The Morgan fingerprint density at radius 1 is 0.640 bits per heavy atom. The smallest absolute Gasteiger partial charge is 0.244 e. The van der Waals surface area contributed by atoms with Crippen molar-refractivity contribution in [2.75, 3.05) is 24.3 Å². The summed E-state index contributed by atoms with van der Waals surface area (Å²) in [4.78, 5) is 2.12. The highest BCUT2D eigenvalue weighted by atomic mass is 16.3. The minimum atomic E-state index is 0.705. The van der Waals surface area contributed by atoms with Gasteiger partial charge in [0.25, 0.3) is 0 Å². The fourth-order valence-corrected chi connectivity index (χ4v) is 8.18. The zero-order chi connectivity index (χ0) is 33.5. The normalized spacial score (nSPS) is 12.1. The van der Waals surface area contributed by atoms with Gasteiger partial charge < -0.3 is 19.2 Å². The van der Waals surface area contributed by atoms with Crippen molar-refractivity contribution in [3.63, 3.8) is 0 Å². The van der Waals surface area contributed by atoms with Gasteiger partial charge >= 0.3 is 0 Å². The Morgan fingerprint density at radius 3 is 2.26 bits per heavy atom. The van der Waals surface area contributed by atoms with Crippen molar-refractivity contribution in [2.24, 2.45) is 0 Å². The Hall–Kier alpha value is -6.20. The highest BCUT2D eigenvalue weighted by Crippen LogP contribution is 2.43. The van der Waals surface area contributed by atoms with Crippen LogP contribution in [-0.4, -0.2) is 25.9 Å². The number of furan rings is 1. The van der Waals surface area contributed by atoms with Crippen LogP contribution in [0.5, 0.6) is 0 Å². The first-order chi connectivity index (χ1) is 24.5. The highest BCUT2D eigenvalue weighted by molar-refractivity contribution is 6.73. The average Bonchev–Trinajstić information content (AvgIpc) is 3.70. The fraction of sp³-hybridized carbons (Fsp3) is 0.0667. The predicted octanol–water partition coefficient (Wildman–Crippen LogP) is 9.84. The number of aryl methyl sites for hydroxylation is 1. The second-order valence-electron chi connectivity index (χ2n) is 13.7. The van der Waals surface area contributed by atoms with Crippen LogP contribution >= 0.6 is 0 Å². The number of nitrogens with one attached hydrogen (secondary N) is 1. The van der Waals surface area contributed by atoms with E-state index in [2.05, 4.69) is 175 Å². The number of anilines is 3. The van der Waals surface area contributed by atoms with Crippen LogP contribution in [0.1, 0.15) is 5.56 Å². The lowest BCUT2D eigenvalue weighted by molar-refractivity contribution is 0.650. The molecule has 10 rings (SSSR count). The second-order valence-corrected chi connectivity index (χ2v) is 13.7. The van der Waals surface area contributed by atoms with Gasteiger partial charge in [-0.3, -0.25) is 0 Å². The fourth-order valence-electron chi connectivity index (χ4n) is 8.18. The van der Waals surface area contributed by atoms with Crippen LogP contribution in [-0.2, 0) is 0 Å². The lowest BCUT2D eigenvalue weighted by atomic mass is 9.62. The molecule has 0 saturated heterocycles. The first-order valence-corrected chi connectivity index (χ1v) is 17.3. The van der Waals surface area contributed by atoms with E-state index in [1.54, 1.807) is 0 Å². The van der Waals surface area contributed by atoms with Crippen molar-refractivity contribution in [3.05, 3.63) is 145 Å². The molecule has 0 spiro atoms. The maximum absolute atomic E-state index is 6.84. The Bertz CT molecular complexity index is 2790. The third-order valence-corrected chi connectivity index (χ3v) is 10.5. The largest absolute Gasteiger partial charge is 0.469 e. The van der Waals surface area contributed by atoms with Gasteiger partial charge in [-0.15, -0.1) is 0 Å². The van der Waals surface area contributed by atoms with Crippen molar-refractivity contribution >= 4 is 79.0 Å². The number of hydrogen-bond donors (Lipinski definition) is 1. The molecule has 0 saturated carbocycles. The van der Waals surface area contributed by atoms with Gasteiger partial charge in [-0.2, -0.15) is 0 Å². The number of hydrogen-bond acceptors (Lipinski definition) is 3. The van der Waals surface area contributed by atoms with Crippen LogP contribution < -0.4 is 21.3 Å². The maximum Gasteiger partial charge on any atom is 0.244 e. The summed E-state index contributed by atoms with van der Waals surface area (Å²) in [6.45, 7) is 2.27. The number of aromatic nitrogens is 1. The van der Waals surface area contributed by atoms with Gasteiger partial charge in [0.1, 0.15) is 5.58 Å². The average molecular weight is 644 g/mol. The molecule has 0 amide bonds. The summed E-state index contributed by atoms with van der Waals surface area (Å²) in [7, 11) is 4.84. The van der Waals surface area contributed by atoms with Crippen molar-refractivity contribution in [1.29, 1.82) is 0 Å². The molecule has 3 heterocycles. The monoisotopic (exact) mass is 643 g/mol. The highest BCUT2D eigenvalue weighted by Gasteiger charge is 2.32. The van der Waals surface area contributed by atoms with Crippen LogP contribution in [0, 0.1) is 6.92 Å². The summed E-state index contributed by atoms with van der Waals surface area (Å²) in [6, 6.07) is 50.3. The van der Waals surface area contributed by atoms with Gasteiger partial charge in [0.05, 0.1) is 16.9 Å². The van der Waals surface area contributed by atoms with Crippen molar-refractivity contribution in [3.8, 4) is 27.9 Å². The first kappa shape index (κ1) is 28.8. The Morgan fingerprint density at radius 2 is 1.42 bits per heavy atom. The zero-order valence-electron chi connectivity index (χ0n) is 28.3. The molecule has 50 heavy (non-hydrogen) atoms. The summed E-state index contributed by atoms with van der Waals surface area (Å²) < 4.78 is 9.37. The zero-order valence-corrected chi connectivity index (χ0v) is 28.3. The summed E-state index contributed by atoms with van der Waals surface area (Å²) >= 11 is 0. The molecule has 1 aliphatic rings. The molecule has 0 radical (unpaired) electrons. The minimum absolute atomic E-state index is 0.705. The molecule has 0 atom stereocenters. The molecule has 7 aromatic carbocycles. The molecule has 0 bridgehead atoms. The third-order valence-electron chi connectivity index (χ3n) is 10.5. The lowest BCUT2D eigenvalue weighted by Gasteiger charge is -2.22. The number of para-hydroxylation sites is 1. The topological polar surface area (TPSA) is 33.3 Å². The van der Waals surface area contributed by atoms with Crippen LogP contribution in [0.3, 0.4) is 0 Å². The molecule has 0 unspecified atom stereocenters. The van der Waals surface area contributed by atoms with Crippen LogP contribution in [0.4, 0.5) is 17.1 Å². The third kappa shape index (κ3) is 4.26. The molecule has 5 heteroatoms. The summed E-state index contributed by atoms with van der Waals surface area (Å²) in [5.41, 5.74) is 16.3. The summed E-state index contributed by atoms with van der Waals surface area (Å²) in [6.07, 6.45) is 0. The second kappa shape index (κ2) is 10.9. The van der Waals surface area contributed by atoms with E-state index in [9.17, 15) is 0 Å². The number of nitrogens with zero attached hydrogens (tertiary/aromatic N) is 2. The molecule has 238 valence electrons. The summed E-state index contributed by atoms with van der Waals surface area (Å²) in [5.74, 6) is 0. The van der Waals surface area contributed by atoms with E-state index in [0.29, 0.717) is 7.28 Å². The maximum atomic E-state index is 6.84. The van der Waals surface area contributed by atoms with E-state index in [4.69, 9.17) is 4.42 Å². The van der Waals surface area contributed by atoms with Crippen LogP contribution in [0.15, 0.2) is 144 Å². The van der Waals surface area contributed by atoms with E-state index < -0.39 is 0 Å². The number of rotatable bonds is 5. The first-order valence-electron chi connectivity index (χ1n) is 17.3. The predicted molar refractivity (Wildman–Crippen MR) is 214 cm³/mol. The van der Waals surface area contributed by atoms with Crippen LogP contribution in [0.25, 0.3) is 71.5 Å². The van der Waals surface area contributed by atoms with Gasteiger partial charge in [0, 0.05) is 63.8 Å². The molecular weight excluding hydrogens is 609 g/mol. The van der Waals surface area contributed by atoms with Crippen LogP contribution in [0.2, 0.25) is 0 Å². The van der Waals surface area contributed by atoms with E-state index in [-0.39, 0.29) is 0 Å². The quantitative estimate of drug-likeness (QED) is 0.190. The van der Waals surface area contributed by atoms with Crippen molar-refractivity contribution in [1.82, 2.24) is 4.57 Å². The van der Waals surface area contributed by atoms with E-state index in [0.717, 1.165) is 33.7 Å². The molecule has 0 aliphatic carbocycles. The van der Waals surface area contributed by atoms with Crippen molar-refractivity contribution < 1.29 is 4.42 Å². The number of fused-ring (bicyclic) bond motifs is 9. The molecule has 9 aromatic rings. The van der Waals surface area contributed by atoms with E-state index >= 15 is 0 Å². The van der Waals surface area contributed by atoms with Crippen molar-refractivity contribution in [2.45, 2.75) is 6.92 Å². The lowest BCUT2D eigenvalue weighted by Crippen LogP contribution is -2.36. The standard InChI is InChI=1S/C45H34BN3O/c1-27-25-36(34-15-9-10-16-38(34)47-31-19-21-32(22-20-31)48(2)3)41-44-40(27)35-23-17-29-13-7-8-14-33(29)42(35)49(44)43-37-26-30(28-11-5-4-6-12-28)18-24-39(37)50-45(43)46-41/h4-26,46-47H,1-3H3. The van der Waals surface area contributed by atoms with Gasteiger partial charge in [0.2, 0.25) is 7.28 Å². The van der Waals surface area contributed by atoms with E-state index in [1.807, 2.05) is 0 Å². The molecule has 0 fully saturated rings. The van der Waals surface area contributed by atoms with E-state index in [1.165, 1.54) is 71.5 Å². The molecule has 1 aliphatic heterocycles. The summed E-state index contributed by atoms with van der Waals surface area (Å²) in [5, 5.41) is 9.97. The van der Waals surface area contributed by atoms with Gasteiger partial charge in [0.15, 0.2) is 0 Å². The molecule has 1 N–H and O–H groups in total. The Balaban J connectivity index is 1.27. The molecular formula is C45H34BN3O. The van der Waals surface area contributed by atoms with Gasteiger partial charge in [-0.05, 0) is 82.5 Å². The number of benzene rings is 7. The van der Waals surface area contributed by atoms with Gasteiger partial charge in [-0.1, -0.05) is 97.1 Å². The molecule has 4 nitrogen and oxygen atoms in total. The Labute approximate surface area is 291 Å². The SMILES string of the molecule is Cc1cc(-c2ccccc2Nc2ccc(N(C)C)cc2)c2c3c1c1ccc4ccccc4c1n3-c1c(oc3ccc(-c4ccccc4)cc13)B2. The molecule has 2 aromatic heterocycles. The minimum Gasteiger partial charge on any atom is -0.469 e.